The van der Waals surface area contributed by atoms with E-state index in [4.69, 9.17) is 15.2 Å². The number of fused-ring (bicyclic) bond motifs is 1. The second-order valence-electron chi connectivity index (χ2n) is 5.68. The molecule has 0 aliphatic carbocycles. The van der Waals surface area contributed by atoms with Crippen molar-refractivity contribution in [2.75, 3.05) is 39.1 Å². The normalized spacial score (nSPS) is 15.3. The number of pyridine rings is 1. The maximum Gasteiger partial charge on any atom is 0.163 e. The van der Waals surface area contributed by atoms with Gasteiger partial charge in [0.15, 0.2) is 11.5 Å². The molecule has 0 amide bonds. The fourth-order valence-corrected chi connectivity index (χ4v) is 2.90. The lowest BCUT2D eigenvalue weighted by molar-refractivity contribution is 0.254. The Morgan fingerprint density at radius 3 is 2.77 bits per heavy atom. The van der Waals surface area contributed by atoms with Gasteiger partial charge in [0, 0.05) is 18.0 Å². The summed E-state index contributed by atoms with van der Waals surface area (Å²) in [7, 11) is 1.66. The third-order valence-electron chi connectivity index (χ3n) is 4.07. The maximum atomic E-state index is 5.90. The Morgan fingerprint density at radius 2 is 2.00 bits per heavy atom. The van der Waals surface area contributed by atoms with Crippen molar-refractivity contribution in [3.8, 4) is 11.5 Å². The van der Waals surface area contributed by atoms with Crippen LogP contribution in [-0.2, 0) is 0 Å². The molecule has 2 N–H and O–H groups in total. The van der Waals surface area contributed by atoms with Gasteiger partial charge in [-0.1, -0.05) is 0 Å². The highest BCUT2D eigenvalue weighted by Gasteiger charge is 2.11. The van der Waals surface area contributed by atoms with Crippen LogP contribution in [0.1, 0.15) is 19.3 Å². The fourth-order valence-electron chi connectivity index (χ4n) is 2.90. The Hall–Kier alpha value is -2.01. The van der Waals surface area contributed by atoms with Crippen LogP contribution in [-0.4, -0.2) is 43.2 Å². The van der Waals surface area contributed by atoms with E-state index in [0.29, 0.717) is 12.4 Å². The summed E-state index contributed by atoms with van der Waals surface area (Å²) < 4.78 is 11.3. The first-order valence-corrected chi connectivity index (χ1v) is 7.86. The minimum absolute atomic E-state index is 0.512. The van der Waals surface area contributed by atoms with Gasteiger partial charge in [-0.15, -0.1) is 0 Å². The van der Waals surface area contributed by atoms with Crippen molar-refractivity contribution in [2.24, 2.45) is 0 Å². The lowest BCUT2D eigenvalue weighted by atomic mass is 10.2. The summed E-state index contributed by atoms with van der Waals surface area (Å²) >= 11 is 0. The summed E-state index contributed by atoms with van der Waals surface area (Å²) in [6.07, 6.45) is 3.67. The highest BCUT2D eigenvalue weighted by atomic mass is 16.5. The van der Waals surface area contributed by atoms with Crippen molar-refractivity contribution in [1.82, 2.24) is 9.88 Å². The van der Waals surface area contributed by atoms with E-state index >= 15 is 0 Å². The van der Waals surface area contributed by atoms with Crippen molar-refractivity contribution in [3.05, 3.63) is 24.3 Å². The maximum absolute atomic E-state index is 5.90. The number of methoxy groups -OCH3 is 1. The molecule has 2 aromatic rings. The van der Waals surface area contributed by atoms with Crippen molar-refractivity contribution < 1.29 is 9.47 Å². The van der Waals surface area contributed by atoms with Crippen LogP contribution in [0.4, 0.5) is 5.82 Å². The van der Waals surface area contributed by atoms with Gasteiger partial charge in [0.25, 0.3) is 0 Å². The SMILES string of the molecule is COc1cc2ccc(N)nc2cc1OCCCN1CCCC1. The van der Waals surface area contributed by atoms with Gasteiger partial charge >= 0.3 is 0 Å². The van der Waals surface area contributed by atoms with Crippen molar-refractivity contribution in [1.29, 1.82) is 0 Å². The van der Waals surface area contributed by atoms with Crippen LogP contribution in [0.15, 0.2) is 24.3 Å². The van der Waals surface area contributed by atoms with Crippen LogP contribution in [0.2, 0.25) is 0 Å². The summed E-state index contributed by atoms with van der Waals surface area (Å²) in [5, 5.41) is 0.996. The average molecular weight is 301 g/mol. The monoisotopic (exact) mass is 301 g/mol. The number of nitrogen functional groups attached to an aromatic ring is 1. The van der Waals surface area contributed by atoms with Crippen LogP contribution in [0.3, 0.4) is 0 Å². The lowest BCUT2D eigenvalue weighted by Crippen LogP contribution is -2.21. The van der Waals surface area contributed by atoms with Crippen LogP contribution in [0.25, 0.3) is 10.9 Å². The zero-order valence-electron chi connectivity index (χ0n) is 13.0. The largest absolute Gasteiger partial charge is 0.493 e. The molecule has 0 saturated carbocycles. The summed E-state index contributed by atoms with van der Waals surface area (Å²) in [4.78, 5) is 6.83. The standard InChI is InChI=1S/C17H23N3O2/c1-21-15-11-13-5-6-17(18)19-14(13)12-16(15)22-10-4-9-20-7-2-3-8-20/h5-6,11-12H,2-4,7-10H2,1H3,(H2,18,19). The summed E-state index contributed by atoms with van der Waals surface area (Å²) in [5.74, 6) is 1.98. The number of nitrogens with zero attached hydrogens (tertiary/aromatic N) is 2. The molecule has 0 atom stereocenters. The van der Waals surface area contributed by atoms with Gasteiger partial charge < -0.3 is 20.1 Å². The number of anilines is 1. The Morgan fingerprint density at radius 1 is 1.18 bits per heavy atom. The third-order valence-corrected chi connectivity index (χ3v) is 4.07. The smallest absolute Gasteiger partial charge is 0.163 e. The van der Waals surface area contributed by atoms with Crippen molar-refractivity contribution >= 4 is 16.7 Å². The summed E-state index contributed by atoms with van der Waals surface area (Å²) in [6.45, 7) is 4.23. The zero-order valence-corrected chi connectivity index (χ0v) is 13.0. The Bertz CT molecular complexity index is 639. The number of likely N-dealkylation sites (tertiary alicyclic amines) is 1. The number of hydrogen-bond donors (Lipinski definition) is 1. The molecular formula is C17H23N3O2. The van der Waals surface area contributed by atoms with Gasteiger partial charge in [-0.2, -0.15) is 0 Å². The van der Waals surface area contributed by atoms with E-state index in [1.807, 2.05) is 18.2 Å². The molecule has 5 heteroatoms. The van der Waals surface area contributed by atoms with E-state index in [1.54, 1.807) is 13.2 Å². The molecule has 0 radical (unpaired) electrons. The molecule has 0 spiro atoms. The highest BCUT2D eigenvalue weighted by Crippen LogP contribution is 2.32. The number of hydrogen-bond acceptors (Lipinski definition) is 5. The van der Waals surface area contributed by atoms with E-state index in [0.717, 1.165) is 35.4 Å². The van der Waals surface area contributed by atoms with E-state index in [-0.39, 0.29) is 0 Å². The molecular weight excluding hydrogens is 278 g/mol. The van der Waals surface area contributed by atoms with Gasteiger partial charge in [-0.25, -0.2) is 4.98 Å². The third kappa shape index (κ3) is 3.42. The molecule has 3 rings (SSSR count). The van der Waals surface area contributed by atoms with Crippen molar-refractivity contribution in [3.63, 3.8) is 0 Å². The van der Waals surface area contributed by atoms with E-state index in [9.17, 15) is 0 Å². The molecule has 0 bridgehead atoms. The molecule has 2 heterocycles. The summed E-state index contributed by atoms with van der Waals surface area (Å²) in [5.41, 5.74) is 6.58. The molecule has 1 aromatic carbocycles. The topological polar surface area (TPSA) is 60.6 Å². The molecule has 1 fully saturated rings. The van der Waals surface area contributed by atoms with Crippen LogP contribution in [0.5, 0.6) is 11.5 Å². The molecule has 118 valence electrons. The highest BCUT2D eigenvalue weighted by molar-refractivity contribution is 5.83. The fraction of sp³-hybridized carbons (Fsp3) is 0.471. The lowest BCUT2D eigenvalue weighted by Gasteiger charge is -2.15. The molecule has 1 aromatic heterocycles. The van der Waals surface area contributed by atoms with Crippen LogP contribution < -0.4 is 15.2 Å². The quantitative estimate of drug-likeness (QED) is 0.831. The first-order chi connectivity index (χ1) is 10.8. The van der Waals surface area contributed by atoms with Crippen LogP contribution >= 0.6 is 0 Å². The molecule has 1 saturated heterocycles. The first-order valence-electron chi connectivity index (χ1n) is 7.86. The number of rotatable bonds is 6. The minimum atomic E-state index is 0.512. The van der Waals surface area contributed by atoms with Gasteiger partial charge in [0.1, 0.15) is 5.82 Å². The zero-order chi connectivity index (χ0) is 15.4. The molecule has 0 unspecified atom stereocenters. The van der Waals surface area contributed by atoms with E-state index < -0.39 is 0 Å². The van der Waals surface area contributed by atoms with E-state index in [1.165, 1.54) is 25.9 Å². The average Bonchev–Trinajstić information content (AvgIpc) is 3.04. The predicted octanol–water partition coefficient (Wildman–Crippen LogP) is 2.69. The summed E-state index contributed by atoms with van der Waals surface area (Å²) in [6, 6.07) is 7.58. The number of ether oxygens (including phenoxy) is 2. The van der Waals surface area contributed by atoms with Gasteiger partial charge in [0.2, 0.25) is 0 Å². The number of aromatic nitrogens is 1. The molecule has 1 aliphatic rings. The van der Waals surface area contributed by atoms with E-state index in [2.05, 4.69) is 9.88 Å². The molecule has 5 nitrogen and oxygen atoms in total. The van der Waals surface area contributed by atoms with Crippen LogP contribution in [0, 0.1) is 0 Å². The first kappa shape index (κ1) is 14.9. The molecule has 1 aliphatic heterocycles. The Balaban J connectivity index is 1.65. The predicted molar refractivity (Wildman–Crippen MR) is 88.5 cm³/mol. The Kier molecular flexibility index (Phi) is 4.63. The van der Waals surface area contributed by atoms with Gasteiger partial charge in [-0.3, -0.25) is 0 Å². The van der Waals surface area contributed by atoms with Gasteiger partial charge in [0.05, 0.1) is 19.2 Å². The number of benzene rings is 1. The van der Waals surface area contributed by atoms with Gasteiger partial charge in [-0.05, 0) is 50.6 Å². The second kappa shape index (κ2) is 6.83. The minimum Gasteiger partial charge on any atom is -0.493 e. The molecule has 22 heavy (non-hydrogen) atoms. The van der Waals surface area contributed by atoms with Crippen molar-refractivity contribution in [2.45, 2.75) is 19.3 Å². The second-order valence-corrected chi connectivity index (χ2v) is 5.68. The number of nitrogens with two attached hydrogens (primary N) is 1. The Labute approximate surface area is 131 Å².